The Kier molecular flexibility index (Phi) is 2.34. The fourth-order valence-corrected chi connectivity index (χ4v) is 1.95. The molecule has 80 valence electrons. The molecule has 0 aliphatic heterocycles. The van der Waals surface area contributed by atoms with Gasteiger partial charge in [0.15, 0.2) is 0 Å². The molecule has 4 heteroatoms. The summed E-state index contributed by atoms with van der Waals surface area (Å²) in [5, 5.41) is 8.79. The van der Waals surface area contributed by atoms with Crippen molar-refractivity contribution in [3.8, 4) is 0 Å². The van der Waals surface area contributed by atoms with Crippen molar-refractivity contribution in [3.05, 3.63) is 33.7 Å². The zero-order chi connectivity index (χ0) is 11.0. The van der Waals surface area contributed by atoms with Crippen molar-refractivity contribution in [1.82, 2.24) is 4.57 Å². The molecule has 15 heavy (non-hydrogen) atoms. The van der Waals surface area contributed by atoms with Crippen molar-refractivity contribution < 1.29 is 9.90 Å². The van der Waals surface area contributed by atoms with Crippen LogP contribution in [-0.4, -0.2) is 15.6 Å². The molecule has 1 fully saturated rings. The third-order valence-corrected chi connectivity index (χ3v) is 2.95. The molecule has 1 aromatic heterocycles. The van der Waals surface area contributed by atoms with Gasteiger partial charge in [-0.05, 0) is 32.3 Å². The number of aryl methyl sites for hydroxylation is 1. The number of nitrogens with zero attached hydrogens (tertiary/aromatic N) is 1. The van der Waals surface area contributed by atoms with E-state index >= 15 is 0 Å². The Labute approximate surface area is 87.2 Å². The predicted molar refractivity (Wildman–Crippen MR) is 55.3 cm³/mol. The zero-order valence-electron chi connectivity index (χ0n) is 8.56. The lowest BCUT2D eigenvalue weighted by molar-refractivity contribution is 0.0696. The monoisotopic (exact) mass is 207 g/mol. The summed E-state index contributed by atoms with van der Waals surface area (Å²) in [4.78, 5) is 22.4. The highest BCUT2D eigenvalue weighted by Crippen LogP contribution is 2.31. The van der Waals surface area contributed by atoms with Crippen molar-refractivity contribution in [3.63, 3.8) is 0 Å². The Morgan fingerprint density at radius 3 is 2.53 bits per heavy atom. The second-order valence-corrected chi connectivity index (χ2v) is 3.98. The van der Waals surface area contributed by atoms with Crippen LogP contribution in [0.4, 0.5) is 0 Å². The number of rotatable bonds is 2. The molecule has 1 saturated carbocycles. The summed E-state index contributed by atoms with van der Waals surface area (Å²) < 4.78 is 1.70. The summed E-state index contributed by atoms with van der Waals surface area (Å²) >= 11 is 0. The van der Waals surface area contributed by atoms with Crippen molar-refractivity contribution in [2.24, 2.45) is 0 Å². The number of carboxylic acids is 1. The minimum atomic E-state index is -1.05. The van der Waals surface area contributed by atoms with Crippen molar-refractivity contribution >= 4 is 5.97 Å². The van der Waals surface area contributed by atoms with Crippen molar-refractivity contribution in [2.75, 3.05) is 0 Å². The minimum absolute atomic E-state index is 0.0769. The molecule has 0 unspecified atom stereocenters. The smallest absolute Gasteiger partial charge is 0.335 e. The van der Waals surface area contributed by atoms with Gasteiger partial charge in [0.05, 0.1) is 5.56 Å². The molecular weight excluding hydrogens is 194 g/mol. The van der Waals surface area contributed by atoms with Gasteiger partial charge in [-0.1, -0.05) is 0 Å². The van der Waals surface area contributed by atoms with Gasteiger partial charge in [0.1, 0.15) is 0 Å². The lowest BCUT2D eigenvalue weighted by atomic mass is 9.92. The predicted octanol–water partition coefficient (Wildman–Crippen LogP) is 1.58. The van der Waals surface area contributed by atoms with E-state index < -0.39 is 5.97 Å². The van der Waals surface area contributed by atoms with E-state index in [9.17, 15) is 9.59 Å². The summed E-state index contributed by atoms with van der Waals surface area (Å²) in [7, 11) is 0. The first-order valence-electron chi connectivity index (χ1n) is 5.06. The second-order valence-electron chi connectivity index (χ2n) is 3.98. The van der Waals surface area contributed by atoms with Gasteiger partial charge < -0.3 is 9.67 Å². The van der Waals surface area contributed by atoms with Gasteiger partial charge in [-0.15, -0.1) is 0 Å². The molecule has 0 radical (unpaired) electrons. The van der Waals surface area contributed by atoms with Gasteiger partial charge in [0, 0.05) is 17.8 Å². The van der Waals surface area contributed by atoms with Crippen LogP contribution in [0.2, 0.25) is 0 Å². The number of aromatic nitrogens is 1. The van der Waals surface area contributed by atoms with Crippen molar-refractivity contribution in [2.45, 2.75) is 32.2 Å². The highest BCUT2D eigenvalue weighted by atomic mass is 16.4. The molecule has 1 aromatic rings. The molecule has 1 aliphatic carbocycles. The van der Waals surface area contributed by atoms with E-state index in [1.165, 1.54) is 6.07 Å². The Hall–Kier alpha value is -1.58. The molecule has 0 bridgehead atoms. The maximum absolute atomic E-state index is 11.7. The molecule has 4 nitrogen and oxygen atoms in total. The molecule has 1 heterocycles. The summed E-state index contributed by atoms with van der Waals surface area (Å²) in [6, 6.07) is 3.04. The standard InChI is InChI=1S/C11H13NO3/c1-7-5-8(11(14)15)6-10(13)12(7)9-3-2-4-9/h5-6,9H,2-4H2,1H3,(H,14,15). The molecule has 0 aromatic carbocycles. The summed E-state index contributed by atoms with van der Waals surface area (Å²) in [6.45, 7) is 1.78. The Bertz CT molecular complexity index is 457. The van der Waals surface area contributed by atoms with E-state index in [0.717, 1.165) is 25.0 Å². The van der Waals surface area contributed by atoms with E-state index in [-0.39, 0.29) is 17.2 Å². The number of carbonyl (C=O) groups is 1. The maximum Gasteiger partial charge on any atom is 0.335 e. The topological polar surface area (TPSA) is 59.3 Å². The Balaban J connectivity index is 2.48. The average Bonchev–Trinajstić information content (AvgIpc) is 2.07. The first-order chi connectivity index (χ1) is 7.09. The van der Waals surface area contributed by atoms with Gasteiger partial charge in [-0.2, -0.15) is 0 Å². The minimum Gasteiger partial charge on any atom is -0.478 e. The molecular formula is C11H13NO3. The number of aromatic carboxylic acids is 1. The van der Waals surface area contributed by atoms with Crippen LogP contribution in [0, 0.1) is 6.92 Å². The van der Waals surface area contributed by atoms with Crippen LogP contribution in [0.1, 0.15) is 41.4 Å². The summed E-state index contributed by atoms with van der Waals surface area (Å²) in [5.74, 6) is -1.05. The van der Waals surface area contributed by atoms with E-state index in [4.69, 9.17) is 5.11 Å². The first-order valence-corrected chi connectivity index (χ1v) is 5.06. The van der Waals surface area contributed by atoms with Gasteiger partial charge in [0.25, 0.3) is 5.56 Å². The summed E-state index contributed by atoms with van der Waals surface area (Å²) in [5.41, 5.74) is 0.620. The first kappa shape index (κ1) is 9.96. The number of hydrogen-bond acceptors (Lipinski definition) is 2. The number of carboxylic acid groups (broad SMARTS) is 1. The average molecular weight is 207 g/mol. The van der Waals surface area contributed by atoms with Gasteiger partial charge >= 0.3 is 5.97 Å². The number of hydrogen-bond donors (Lipinski definition) is 1. The zero-order valence-corrected chi connectivity index (χ0v) is 8.56. The van der Waals surface area contributed by atoms with Gasteiger partial charge in [-0.3, -0.25) is 4.79 Å². The van der Waals surface area contributed by atoms with Crippen LogP contribution in [0.5, 0.6) is 0 Å². The fraction of sp³-hybridized carbons (Fsp3) is 0.455. The SMILES string of the molecule is Cc1cc(C(=O)O)cc(=O)n1C1CCC1. The lowest BCUT2D eigenvalue weighted by Crippen LogP contribution is -2.30. The molecule has 2 rings (SSSR count). The molecule has 0 saturated heterocycles. The Morgan fingerprint density at radius 2 is 2.13 bits per heavy atom. The second kappa shape index (κ2) is 3.53. The molecule has 1 N–H and O–H groups in total. The lowest BCUT2D eigenvalue weighted by Gasteiger charge is -2.29. The van der Waals surface area contributed by atoms with Crippen LogP contribution < -0.4 is 5.56 Å². The quantitative estimate of drug-likeness (QED) is 0.800. The van der Waals surface area contributed by atoms with Gasteiger partial charge in [-0.25, -0.2) is 4.79 Å². The largest absolute Gasteiger partial charge is 0.478 e. The third-order valence-electron chi connectivity index (χ3n) is 2.95. The molecule has 0 atom stereocenters. The van der Waals surface area contributed by atoms with Crippen LogP contribution >= 0.6 is 0 Å². The van der Waals surface area contributed by atoms with E-state index in [0.29, 0.717) is 0 Å². The van der Waals surface area contributed by atoms with Gasteiger partial charge in [0.2, 0.25) is 0 Å². The molecule has 0 amide bonds. The Morgan fingerprint density at radius 1 is 1.47 bits per heavy atom. The highest BCUT2D eigenvalue weighted by molar-refractivity contribution is 5.87. The van der Waals surface area contributed by atoms with Crippen LogP contribution in [0.15, 0.2) is 16.9 Å². The molecule has 1 aliphatic rings. The van der Waals surface area contributed by atoms with Crippen LogP contribution in [-0.2, 0) is 0 Å². The summed E-state index contributed by atoms with van der Waals surface area (Å²) in [6.07, 6.45) is 3.19. The maximum atomic E-state index is 11.7. The molecule has 0 spiro atoms. The van der Waals surface area contributed by atoms with Crippen LogP contribution in [0.25, 0.3) is 0 Å². The van der Waals surface area contributed by atoms with E-state index in [2.05, 4.69) is 0 Å². The van der Waals surface area contributed by atoms with E-state index in [1.807, 2.05) is 0 Å². The third kappa shape index (κ3) is 1.67. The van der Waals surface area contributed by atoms with Crippen LogP contribution in [0.3, 0.4) is 0 Å². The number of pyridine rings is 1. The fourth-order valence-electron chi connectivity index (χ4n) is 1.95. The highest BCUT2D eigenvalue weighted by Gasteiger charge is 2.22. The van der Waals surface area contributed by atoms with Crippen molar-refractivity contribution in [1.29, 1.82) is 0 Å². The normalized spacial score (nSPS) is 16.1. The van der Waals surface area contributed by atoms with E-state index in [1.54, 1.807) is 17.6 Å².